The maximum absolute atomic E-state index is 10.2. The quantitative estimate of drug-likeness (QED) is 0.858. The van der Waals surface area contributed by atoms with Crippen LogP contribution in [-0.2, 0) is 4.74 Å². The van der Waals surface area contributed by atoms with E-state index in [1.165, 1.54) is 4.88 Å². The molecule has 1 aliphatic rings. The molecule has 1 aliphatic heterocycles. The average Bonchev–Trinajstić information content (AvgIpc) is 2.83. The summed E-state index contributed by atoms with van der Waals surface area (Å²) in [5.74, 6) is 0. The molecule has 5 heteroatoms. The van der Waals surface area contributed by atoms with Crippen molar-refractivity contribution in [1.29, 1.82) is 0 Å². The van der Waals surface area contributed by atoms with E-state index in [2.05, 4.69) is 24.1 Å². The second-order valence-electron chi connectivity index (χ2n) is 4.80. The molecule has 0 amide bonds. The van der Waals surface area contributed by atoms with Gasteiger partial charge in [-0.05, 0) is 20.8 Å². The minimum atomic E-state index is -0.701. The van der Waals surface area contributed by atoms with Gasteiger partial charge in [0.05, 0.1) is 17.3 Å². The number of ether oxygens (including phenoxy) is 1. The highest BCUT2D eigenvalue weighted by Crippen LogP contribution is 2.24. The van der Waals surface area contributed by atoms with Gasteiger partial charge in [-0.2, -0.15) is 0 Å². The fourth-order valence-electron chi connectivity index (χ4n) is 2.12. The smallest absolute Gasteiger partial charge is 0.103 e. The molecular formula is C12H20N2O2S. The molecule has 2 atom stereocenters. The number of nitrogens with zero attached hydrogens (tertiary/aromatic N) is 1. The van der Waals surface area contributed by atoms with E-state index in [9.17, 15) is 5.11 Å². The normalized spacial score (nSPS) is 26.4. The molecule has 1 aromatic rings. The van der Waals surface area contributed by atoms with Crippen LogP contribution in [0.15, 0.2) is 0 Å². The fraction of sp³-hybridized carbons (Fsp3) is 0.750. The number of rotatable bonds is 4. The van der Waals surface area contributed by atoms with E-state index < -0.39 is 5.60 Å². The van der Waals surface area contributed by atoms with Crippen molar-refractivity contribution in [3.05, 3.63) is 15.6 Å². The first-order valence-electron chi connectivity index (χ1n) is 5.98. The number of thiazole rings is 1. The van der Waals surface area contributed by atoms with Crippen molar-refractivity contribution in [1.82, 2.24) is 10.3 Å². The van der Waals surface area contributed by atoms with Crippen LogP contribution in [0, 0.1) is 13.8 Å². The predicted molar refractivity (Wildman–Crippen MR) is 68.4 cm³/mol. The van der Waals surface area contributed by atoms with Gasteiger partial charge < -0.3 is 15.2 Å². The van der Waals surface area contributed by atoms with E-state index in [1.807, 2.05) is 6.92 Å². The molecule has 17 heavy (non-hydrogen) atoms. The zero-order valence-electron chi connectivity index (χ0n) is 10.6. The van der Waals surface area contributed by atoms with Crippen LogP contribution in [0.4, 0.5) is 0 Å². The molecule has 96 valence electrons. The lowest BCUT2D eigenvalue weighted by Gasteiger charge is -2.23. The van der Waals surface area contributed by atoms with E-state index in [4.69, 9.17) is 4.74 Å². The standard InChI is InChI=1S/C12H20N2O2S/c1-8(11-9(2)17-10(3)14-11)13-6-12(15)4-5-16-7-12/h8,13,15H,4-7H2,1-3H3. The highest BCUT2D eigenvalue weighted by molar-refractivity contribution is 7.11. The Morgan fingerprint density at radius 2 is 2.35 bits per heavy atom. The molecule has 1 aromatic heterocycles. The number of aliphatic hydroxyl groups is 1. The second kappa shape index (κ2) is 5.02. The Bertz CT molecular complexity index is 386. The van der Waals surface area contributed by atoms with Crippen LogP contribution in [0.1, 0.15) is 35.0 Å². The summed E-state index contributed by atoms with van der Waals surface area (Å²) in [6.07, 6.45) is 0.710. The van der Waals surface area contributed by atoms with Gasteiger partial charge in [-0.15, -0.1) is 11.3 Å². The minimum absolute atomic E-state index is 0.171. The Balaban J connectivity index is 1.93. The minimum Gasteiger partial charge on any atom is -0.386 e. The van der Waals surface area contributed by atoms with Gasteiger partial charge in [-0.3, -0.25) is 0 Å². The molecule has 0 radical (unpaired) electrons. The van der Waals surface area contributed by atoms with Crippen LogP contribution in [0.25, 0.3) is 0 Å². The summed E-state index contributed by atoms with van der Waals surface area (Å²) in [5, 5.41) is 14.6. The van der Waals surface area contributed by atoms with Gasteiger partial charge in [0.1, 0.15) is 5.60 Å². The third kappa shape index (κ3) is 3.04. The molecule has 0 bridgehead atoms. The lowest BCUT2D eigenvalue weighted by atomic mass is 10.0. The molecule has 2 unspecified atom stereocenters. The molecule has 0 spiro atoms. The molecule has 4 nitrogen and oxygen atoms in total. The molecule has 1 saturated heterocycles. The van der Waals surface area contributed by atoms with E-state index in [0.29, 0.717) is 26.2 Å². The number of hydrogen-bond donors (Lipinski definition) is 2. The number of nitrogens with one attached hydrogen (secondary N) is 1. The van der Waals surface area contributed by atoms with E-state index in [1.54, 1.807) is 11.3 Å². The van der Waals surface area contributed by atoms with Gasteiger partial charge in [0.25, 0.3) is 0 Å². The van der Waals surface area contributed by atoms with Gasteiger partial charge in [0, 0.05) is 30.5 Å². The first-order chi connectivity index (χ1) is 8.00. The Morgan fingerprint density at radius 3 is 2.88 bits per heavy atom. The van der Waals surface area contributed by atoms with Crippen molar-refractivity contribution in [2.75, 3.05) is 19.8 Å². The lowest BCUT2D eigenvalue weighted by Crippen LogP contribution is -2.42. The highest BCUT2D eigenvalue weighted by atomic mass is 32.1. The molecule has 2 N–H and O–H groups in total. The van der Waals surface area contributed by atoms with Gasteiger partial charge >= 0.3 is 0 Å². The van der Waals surface area contributed by atoms with E-state index >= 15 is 0 Å². The van der Waals surface area contributed by atoms with Crippen molar-refractivity contribution in [3.63, 3.8) is 0 Å². The van der Waals surface area contributed by atoms with Crippen LogP contribution in [-0.4, -0.2) is 35.5 Å². The molecule has 2 rings (SSSR count). The SMILES string of the molecule is Cc1nc(C(C)NCC2(O)CCOC2)c(C)s1. The summed E-state index contributed by atoms with van der Waals surface area (Å²) >= 11 is 1.72. The third-order valence-corrected chi connectivity index (χ3v) is 4.07. The topological polar surface area (TPSA) is 54.4 Å². The Morgan fingerprint density at radius 1 is 1.59 bits per heavy atom. The Kier molecular flexibility index (Phi) is 3.82. The molecule has 0 saturated carbocycles. The van der Waals surface area contributed by atoms with E-state index in [-0.39, 0.29) is 6.04 Å². The summed E-state index contributed by atoms with van der Waals surface area (Å²) in [5.41, 5.74) is 0.391. The maximum Gasteiger partial charge on any atom is 0.103 e. The van der Waals surface area contributed by atoms with Gasteiger partial charge in [-0.1, -0.05) is 0 Å². The lowest BCUT2D eigenvalue weighted by molar-refractivity contribution is 0.0251. The van der Waals surface area contributed by atoms with Crippen molar-refractivity contribution < 1.29 is 9.84 Å². The highest BCUT2D eigenvalue weighted by Gasteiger charge is 2.32. The predicted octanol–water partition coefficient (Wildman–Crippen LogP) is 1.56. The van der Waals surface area contributed by atoms with Crippen molar-refractivity contribution in [3.8, 4) is 0 Å². The zero-order chi connectivity index (χ0) is 12.5. The summed E-state index contributed by atoms with van der Waals surface area (Å²) < 4.78 is 5.22. The average molecular weight is 256 g/mol. The third-order valence-electron chi connectivity index (χ3n) is 3.17. The summed E-state index contributed by atoms with van der Waals surface area (Å²) in [7, 11) is 0. The summed E-state index contributed by atoms with van der Waals surface area (Å²) in [6.45, 7) is 7.84. The Labute approximate surface area is 106 Å². The number of aromatic nitrogens is 1. The molecular weight excluding hydrogens is 236 g/mol. The number of hydrogen-bond acceptors (Lipinski definition) is 5. The van der Waals surface area contributed by atoms with Crippen LogP contribution >= 0.6 is 11.3 Å². The van der Waals surface area contributed by atoms with Crippen LogP contribution in [0.3, 0.4) is 0 Å². The van der Waals surface area contributed by atoms with E-state index in [0.717, 1.165) is 10.7 Å². The molecule has 1 fully saturated rings. The van der Waals surface area contributed by atoms with Gasteiger partial charge in [-0.25, -0.2) is 4.98 Å². The maximum atomic E-state index is 10.2. The van der Waals surface area contributed by atoms with Gasteiger partial charge in [0.15, 0.2) is 0 Å². The monoisotopic (exact) mass is 256 g/mol. The largest absolute Gasteiger partial charge is 0.386 e. The Hall–Kier alpha value is -0.490. The van der Waals surface area contributed by atoms with Crippen LogP contribution in [0.2, 0.25) is 0 Å². The number of aryl methyl sites for hydroxylation is 2. The molecule has 0 aliphatic carbocycles. The molecule has 0 aromatic carbocycles. The van der Waals surface area contributed by atoms with Crippen LogP contribution in [0.5, 0.6) is 0 Å². The van der Waals surface area contributed by atoms with Crippen LogP contribution < -0.4 is 5.32 Å². The summed E-state index contributed by atoms with van der Waals surface area (Å²) in [6, 6.07) is 0.171. The van der Waals surface area contributed by atoms with Gasteiger partial charge in [0.2, 0.25) is 0 Å². The van der Waals surface area contributed by atoms with Crippen molar-refractivity contribution >= 4 is 11.3 Å². The second-order valence-corrected chi connectivity index (χ2v) is 6.21. The van der Waals surface area contributed by atoms with Crippen molar-refractivity contribution in [2.24, 2.45) is 0 Å². The summed E-state index contributed by atoms with van der Waals surface area (Å²) in [4.78, 5) is 5.77. The first kappa shape index (κ1) is 13.0. The molecule has 2 heterocycles. The fourth-order valence-corrected chi connectivity index (χ4v) is 3.04. The van der Waals surface area contributed by atoms with Crippen molar-refractivity contribution in [2.45, 2.75) is 38.8 Å². The first-order valence-corrected chi connectivity index (χ1v) is 6.79. The zero-order valence-corrected chi connectivity index (χ0v) is 11.4.